The Labute approximate surface area is 118 Å². The largest absolute Gasteiger partial charge is 0.467 e. The standard InChI is InChI=1S/C14H18ClNO3/c1-4-9(2)12(14(18)19-3)16-13(17)10-7-5-6-8-11(10)15/h5-9,12H,4H2,1-3H3,(H,16,17)/t9-,12-/m1/s1. The predicted molar refractivity (Wildman–Crippen MR) is 74.2 cm³/mol. The minimum Gasteiger partial charge on any atom is -0.467 e. The first-order valence-electron chi connectivity index (χ1n) is 6.14. The third kappa shape index (κ3) is 3.96. The van der Waals surface area contributed by atoms with E-state index in [-0.39, 0.29) is 11.8 Å². The van der Waals surface area contributed by atoms with E-state index in [1.54, 1.807) is 24.3 Å². The minimum absolute atomic E-state index is 0.0149. The molecule has 1 rings (SSSR count). The number of amides is 1. The fourth-order valence-corrected chi connectivity index (χ4v) is 1.88. The second-order valence-corrected chi connectivity index (χ2v) is 4.75. The average Bonchev–Trinajstić information content (AvgIpc) is 2.43. The third-order valence-electron chi connectivity index (χ3n) is 3.07. The first-order valence-corrected chi connectivity index (χ1v) is 6.52. The molecule has 0 saturated carbocycles. The topological polar surface area (TPSA) is 55.4 Å². The van der Waals surface area contributed by atoms with Gasteiger partial charge in [-0.15, -0.1) is 0 Å². The molecule has 0 spiro atoms. The molecule has 5 heteroatoms. The van der Waals surface area contributed by atoms with Crippen molar-refractivity contribution < 1.29 is 14.3 Å². The number of rotatable bonds is 5. The second kappa shape index (κ2) is 7.14. The van der Waals surface area contributed by atoms with Gasteiger partial charge in [0.1, 0.15) is 6.04 Å². The van der Waals surface area contributed by atoms with Crippen molar-refractivity contribution in [2.24, 2.45) is 5.92 Å². The second-order valence-electron chi connectivity index (χ2n) is 4.34. The van der Waals surface area contributed by atoms with Gasteiger partial charge in [-0.25, -0.2) is 4.79 Å². The molecule has 1 aromatic rings. The number of halogens is 1. The summed E-state index contributed by atoms with van der Waals surface area (Å²) >= 11 is 5.95. The number of hydrogen-bond acceptors (Lipinski definition) is 3. The van der Waals surface area contributed by atoms with Gasteiger partial charge in [-0.1, -0.05) is 44.0 Å². The van der Waals surface area contributed by atoms with Crippen LogP contribution in [0.25, 0.3) is 0 Å². The van der Waals surface area contributed by atoms with Gasteiger partial charge < -0.3 is 10.1 Å². The highest BCUT2D eigenvalue weighted by atomic mass is 35.5. The van der Waals surface area contributed by atoms with Crippen LogP contribution in [-0.4, -0.2) is 25.0 Å². The Morgan fingerprint density at radius 2 is 2.00 bits per heavy atom. The summed E-state index contributed by atoms with van der Waals surface area (Å²) in [6.45, 7) is 3.83. The molecule has 2 atom stereocenters. The quantitative estimate of drug-likeness (QED) is 0.845. The highest BCUT2D eigenvalue weighted by molar-refractivity contribution is 6.33. The van der Waals surface area contributed by atoms with Crippen LogP contribution in [0.15, 0.2) is 24.3 Å². The highest BCUT2D eigenvalue weighted by Gasteiger charge is 2.27. The average molecular weight is 284 g/mol. The monoisotopic (exact) mass is 283 g/mol. The van der Waals surface area contributed by atoms with Crippen molar-refractivity contribution in [1.82, 2.24) is 5.32 Å². The highest BCUT2D eigenvalue weighted by Crippen LogP contribution is 2.16. The molecule has 1 N–H and O–H groups in total. The van der Waals surface area contributed by atoms with Crippen molar-refractivity contribution in [1.29, 1.82) is 0 Å². The smallest absolute Gasteiger partial charge is 0.328 e. The summed E-state index contributed by atoms with van der Waals surface area (Å²) in [6.07, 6.45) is 0.753. The van der Waals surface area contributed by atoms with Crippen LogP contribution in [0, 0.1) is 5.92 Å². The van der Waals surface area contributed by atoms with Crippen molar-refractivity contribution in [2.75, 3.05) is 7.11 Å². The number of methoxy groups -OCH3 is 1. The molecule has 0 bridgehead atoms. The zero-order chi connectivity index (χ0) is 14.4. The Kier molecular flexibility index (Phi) is 5.83. The lowest BCUT2D eigenvalue weighted by atomic mass is 9.99. The number of carbonyl (C=O) groups is 2. The zero-order valence-electron chi connectivity index (χ0n) is 11.3. The number of esters is 1. The Hall–Kier alpha value is -1.55. The molecule has 0 aliphatic carbocycles. The molecule has 1 aromatic carbocycles. The van der Waals surface area contributed by atoms with Gasteiger partial charge >= 0.3 is 5.97 Å². The summed E-state index contributed by atoms with van der Waals surface area (Å²) in [6, 6.07) is 6.04. The minimum atomic E-state index is -0.668. The molecule has 0 aliphatic heterocycles. The molecule has 1 amide bonds. The normalized spacial score (nSPS) is 13.5. The van der Waals surface area contributed by atoms with E-state index < -0.39 is 12.0 Å². The van der Waals surface area contributed by atoms with Gasteiger partial charge in [0.25, 0.3) is 5.91 Å². The molecule has 19 heavy (non-hydrogen) atoms. The lowest BCUT2D eigenvalue weighted by Gasteiger charge is -2.22. The van der Waals surface area contributed by atoms with E-state index in [0.29, 0.717) is 10.6 Å². The predicted octanol–water partition coefficient (Wildman–Crippen LogP) is 2.66. The summed E-state index contributed by atoms with van der Waals surface area (Å²) < 4.78 is 4.72. The summed E-state index contributed by atoms with van der Waals surface area (Å²) in [5.74, 6) is -0.838. The molecule has 4 nitrogen and oxygen atoms in total. The van der Waals surface area contributed by atoms with Crippen LogP contribution < -0.4 is 5.32 Å². The molecule has 0 radical (unpaired) electrons. The van der Waals surface area contributed by atoms with E-state index in [0.717, 1.165) is 6.42 Å². The van der Waals surface area contributed by atoms with Crippen LogP contribution in [0.5, 0.6) is 0 Å². The first-order chi connectivity index (χ1) is 9.01. The molecular weight excluding hydrogens is 266 g/mol. The van der Waals surface area contributed by atoms with Crippen molar-refractivity contribution >= 4 is 23.5 Å². The summed E-state index contributed by atoms with van der Waals surface area (Å²) in [5.41, 5.74) is 0.348. The molecule has 104 valence electrons. The fraction of sp³-hybridized carbons (Fsp3) is 0.429. The van der Waals surface area contributed by atoms with Gasteiger partial charge in [0.05, 0.1) is 17.7 Å². The van der Waals surface area contributed by atoms with Crippen molar-refractivity contribution in [2.45, 2.75) is 26.3 Å². The van der Waals surface area contributed by atoms with E-state index >= 15 is 0 Å². The van der Waals surface area contributed by atoms with E-state index in [1.165, 1.54) is 7.11 Å². The summed E-state index contributed by atoms with van der Waals surface area (Å²) in [4.78, 5) is 23.8. The van der Waals surface area contributed by atoms with Crippen molar-refractivity contribution in [3.8, 4) is 0 Å². The van der Waals surface area contributed by atoms with Crippen LogP contribution in [0.2, 0.25) is 5.02 Å². The lowest BCUT2D eigenvalue weighted by Crippen LogP contribution is -2.45. The van der Waals surface area contributed by atoms with Crippen molar-refractivity contribution in [3.05, 3.63) is 34.9 Å². The van der Waals surface area contributed by atoms with Crippen LogP contribution in [0.3, 0.4) is 0 Å². The van der Waals surface area contributed by atoms with Gasteiger partial charge in [-0.05, 0) is 18.1 Å². The van der Waals surface area contributed by atoms with E-state index in [2.05, 4.69) is 5.32 Å². The number of benzene rings is 1. The number of carbonyl (C=O) groups excluding carboxylic acids is 2. The van der Waals surface area contributed by atoms with Gasteiger partial charge in [-0.3, -0.25) is 4.79 Å². The maximum Gasteiger partial charge on any atom is 0.328 e. The van der Waals surface area contributed by atoms with Crippen LogP contribution in [0.1, 0.15) is 30.6 Å². The van der Waals surface area contributed by atoms with E-state index in [1.807, 2.05) is 13.8 Å². The lowest BCUT2D eigenvalue weighted by molar-refractivity contribution is -0.144. The molecule has 0 aromatic heterocycles. The van der Waals surface area contributed by atoms with Gasteiger partial charge in [-0.2, -0.15) is 0 Å². The Morgan fingerprint density at radius 3 is 2.53 bits per heavy atom. The first kappa shape index (κ1) is 15.5. The summed E-state index contributed by atoms with van der Waals surface area (Å²) in [7, 11) is 1.30. The molecule has 0 aliphatic rings. The molecular formula is C14H18ClNO3. The summed E-state index contributed by atoms with van der Waals surface area (Å²) in [5, 5.41) is 3.03. The van der Waals surface area contributed by atoms with Gasteiger partial charge in [0, 0.05) is 0 Å². The van der Waals surface area contributed by atoms with E-state index in [9.17, 15) is 9.59 Å². The number of hydrogen-bond donors (Lipinski definition) is 1. The zero-order valence-corrected chi connectivity index (χ0v) is 12.0. The maximum absolute atomic E-state index is 12.1. The number of ether oxygens (including phenoxy) is 1. The maximum atomic E-state index is 12.1. The van der Waals surface area contributed by atoms with Gasteiger partial charge in [0.15, 0.2) is 0 Å². The SMILES string of the molecule is CC[C@@H](C)[C@@H](NC(=O)c1ccccc1Cl)C(=O)OC. The molecule has 0 unspecified atom stereocenters. The third-order valence-corrected chi connectivity index (χ3v) is 3.40. The van der Waals surface area contributed by atoms with Crippen LogP contribution >= 0.6 is 11.6 Å². The number of nitrogens with one attached hydrogen (secondary N) is 1. The Bertz CT molecular complexity index is 462. The fourth-order valence-electron chi connectivity index (χ4n) is 1.66. The van der Waals surface area contributed by atoms with Crippen LogP contribution in [0.4, 0.5) is 0 Å². The van der Waals surface area contributed by atoms with E-state index in [4.69, 9.17) is 16.3 Å². The van der Waals surface area contributed by atoms with Crippen LogP contribution in [-0.2, 0) is 9.53 Å². The Balaban J connectivity index is 2.88. The Morgan fingerprint density at radius 1 is 1.37 bits per heavy atom. The molecule has 0 fully saturated rings. The van der Waals surface area contributed by atoms with Gasteiger partial charge in [0.2, 0.25) is 0 Å². The molecule has 0 heterocycles. The van der Waals surface area contributed by atoms with Crippen molar-refractivity contribution in [3.63, 3.8) is 0 Å². The molecule has 0 saturated heterocycles.